The van der Waals surface area contributed by atoms with Crippen LogP contribution < -0.4 is 10.1 Å². The van der Waals surface area contributed by atoms with Gasteiger partial charge in [0.25, 0.3) is 0 Å². The molecule has 3 nitrogen and oxygen atoms in total. The minimum atomic E-state index is -0.115. The highest BCUT2D eigenvalue weighted by atomic mass is 16.5. The van der Waals surface area contributed by atoms with Gasteiger partial charge >= 0.3 is 0 Å². The van der Waals surface area contributed by atoms with Gasteiger partial charge in [0.2, 0.25) is 0 Å². The Morgan fingerprint density at radius 3 is 2.72 bits per heavy atom. The predicted molar refractivity (Wildman–Crippen MR) is 73.3 cm³/mol. The quantitative estimate of drug-likeness (QED) is 0.858. The first kappa shape index (κ1) is 13.4. The van der Waals surface area contributed by atoms with Crippen LogP contribution in [-0.4, -0.2) is 31.9 Å². The number of aliphatic hydroxyl groups excluding tert-OH is 1. The topological polar surface area (TPSA) is 41.5 Å². The van der Waals surface area contributed by atoms with E-state index in [1.807, 2.05) is 6.07 Å². The van der Waals surface area contributed by atoms with Crippen molar-refractivity contribution in [3.05, 3.63) is 29.3 Å². The Kier molecular flexibility index (Phi) is 3.93. The monoisotopic (exact) mass is 249 g/mol. The van der Waals surface area contributed by atoms with Crippen molar-refractivity contribution >= 4 is 0 Å². The van der Waals surface area contributed by atoms with E-state index in [0.29, 0.717) is 5.92 Å². The number of ether oxygens (including phenoxy) is 1. The van der Waals surface area contributed by atoms with E-state index in [0.717, 1.165) is 25.3 Å². The fraction of sp³-hybridized carbons (Fsp3) is 0.600. The molecule has 1 fully saturated rings. The Bertz CT molecular complexity index is 409. The second-order valence-electron chi connectivity index (χ2n) is 5.48. The highest BCUT2D eigenvalue weighted by Crippen LogP contribution is 2.35. The molecule has 1 saturated heterocycles. The number of rotatable bonds is 4. The van der Waals surface area contributed by atoms with E-state index >= 15 is 0 Å². The number of hydrogen-bond donors (Lipinski definition) is 2. The molecule has 1 aromatic carbocycles. The number of methoxy groups -OCH3 is 1. The normalized spacial score (nSPS) is 23.6. The maximum absolute atomic E-state index is 9.75. The van der Waals surface area contributed by atoms with Crippen molar-refractivity contribution in [3.8, 4) is 5.75 Å². The number of aliphatic hydroxyl groups is 1. The van der Waals surface area contributed by atoms with E-state index in [4.69, 9.17) is 4.74 Å². The van der Waals surface area contributed by atoms with Crippen LogP contribution in [0.3, 0.4) is 0 Å². The second-order valence-corrected chi connectivity index (χ2v) is 5.48. The van der Waals surface area contributed by atoms with Crippen molar-refractivity contribution in [2.45, 2.75) is 31.6 Å². The van der Waals surface area contributed by atoms with Crippen LogP contribution in [0.4, 0.5) is 0 Å². The lowest BCUT2D eigenvalue weighted by Crippen LogP contribution is -2.33. The number of hydrogen-bond acceptors (Lipinski definition) is 3. The molecule has 1 aliphatic heterocycles. The van der Waals surface area contributed by atoms with Gasteiger partial charge in [0, 0.05) is 12.0 Å². The lowest BCUT2D eigenvalue weighted by Gasteiger charge is -2.27. The Balaban J connectivity index is 2.42. The third kappa shape index (κ3) is 2.25. The third-order valence-corrected chi connectivity index (χ3v) is 4.01. The Morgan fingerprint density at radius 2 is 2.22 bits per heavy atom. The van der Waals surface area contributed by atoms with Gasteiger partial charge in [0.1, 0.15) is 5.75 Å². The second kappa shape index (κ2) is 5.29. The van der Waals surface area contributed by atoms with E-state index in [1.54, 1.807) is 7.11 Å². The van der Waals surface area contributed by atoms with Gasteiger partial charge in [-0.25, -0.2) is 0 Å². The van der Waals surface area contributed by atoms with Crippen molar-refractivity contribution in [2.75, 3.05) is 26.8 Å². The van der Waals surface area contributed by atoms with Crippen molar-refractivity contribution in [2.24, 2.45) is 0 Å². The molecule has 100 valence electrons. The van der Waals surface area contributed by atoms with Gasteiger partial charge in [-0.3, -0.25) is 0 Å². The summed E-state index contributed by atoms with van der Waals surface area (Å²) in [6.07, 6.45) is 0.993. The Morgan fingerprint density at radius 1 is 1.44 bits per heavy atom. The van der Waals surface area contributed by atoms with E-state index in [-0.39, 0.29) is 12.0 Å². The molecule has 0 bridgehead atoms. The summed E-state index contributed by atoms with van der Waals surface area (Å²) in [6, 6.07) is 6.32. The average molecular weight is 249 g/mol. The van der Waals surface area contributed by atoms with Crippen LogP contribution in [-0.2, 0) is 5.41 Å². The zero-order chi connectivity index (χ0) is 13.2. The van der Waals surface area contributed by atoms with E-state index in [2.05, 4.69) is 31.3 Å². The molecule has 1 aromatic rings. The van der Waals surface area contributed by atoms with Crippen LogP contribution in [0.2, 0.25) is 0 Å². The fourth-order valence-corrected chi connectivity index (χ4v) is 2.73. The summed E-state index contributed by atoms with van der Waals surface area (Å²) < 4.78 is 5.41. The summed E-state index contributed by atoms with van der Waals surface area (Å²) in [5.41, 5.74) is 2.32. The van der Waals surface area contributed by atoms with Crippen molar-refractivity contribution < 1.29 is 9.84 Å². The summed E-state index contributed by atoms with van der Waals surface area (Å²) in [5, 5.41) is 13.1. The van der Waals surface area contributed by atoms with Crippen LogP contribution in [0.15, 0.2) is 18.2 Å². The maximum Gasteiger partial charge on any atom is 0.122 e. The van der Waals surface area contributed by atoms with Gasteiger partial charge in [-0.2, -0.15) is 0 Å². The number of benzene rings is 1. The molecule has 0 aromatic heterocycles. The predicted octanol–water partition coefficient (Wildman–Crippen LogP) is 2.04. The zero-order valence-electron chi connectivity index (χ0n) is 11.5. The molecule has 1 heterocycles. The van der Waals surface area contributed by atoms with Crippen LogP contribution in [0.25, 0.3) is 0 Å². The van der Waals surface area contributed by atoms with Gasteiger partial charge in [0.15, 0.2) is 0 Å². The average Bonchev–Trinajstić information content (AvgIpc) is 2.87. The molecular weight excluding hydrogens is 226 g/mol. The lowest BCUT2D eigenvalue weighted by molar-refractivity contribution is 0.205. The third-order valence-electron chi connectivity index (χ3n) is 4.01. The molecule has 2 rings (SSSR count). The van der Waals surface area contributed by atoms with E-state index in [9.17, 15) is 5.11 Å². The molecule has 0 aliphatic carbocycles. The highest BCUT2D eigenvalue weighted by Gasteiger charge is 2.35. The molecule has 0 radical (unpaired) electrons. The Hall–Kier alpha value is -1.06. The van der Waals surface area contributed by atoms with Gasteiger partial charge in [-0.1, -0.05) is 26.0 Å². The molecular formula is C15H23NO2. The molecule has 1 unspecified atom stereocenters. The van der Waals surface area contributed by atoms with Crippen LogP contribution in [0.1, 0.15) is 37.3 Å². The lowest BCUT2D eigenvalue weighted by atomic mass is 9.79. The largest absolute Gasteiger partial charge is 0.496 e. The zero-order valence-corrected chi connectivity index (χ0v) is 11.5. The van der Waals surface area contributed by atoms with E-state index < -0.39 is 0 Å². The molecule has 0 saturated carbocycles. The van der Waals surface area contributed by atoms with Crippen molar-refractivity contribution in [1.29, 1.82) is 0 Å². The van der Waals surface area contributed by atoms with Crippen LogP contribution in [0.5, 0.6) is 5.75 Å². The summed E-state index contributed by atoms with van der Waals surface area (Å²) in [4.78, 5) is 0. The maximum atomic E-state index is 9.75. The summed E-state index contributed by atoms with van der Waals surface area (Å²) in [6.45, 7) is 6.36. The molecule has 1 atom stereocenters. The van der Waals surface area contributed by atoms with Gasteiger partial charge in [-0.05, 0) is 36.1 Å². The van der Waals surface area contributed by atoms with Gasteiger partial charge < -0.3 is 15.2 Å². The molecule has 0 amide bonds. The Labute approximate surface area is 109 Å². The molecule has 0 spiro atoms. The highest BCUT2D eigenvalue weighted by molar-refractivity contribution is 5.42. The summed E-state index contributed by atoms with van der Waals surface area (Å²) in [7, 11) is 1.71. The molecule has 18 heavy (non-hydrogen) atoms. The first-order valence-corrected chi connectivity index (χ1v) is 6.63. The summed E-state index contributed by atoms with van der Waals surface area (Å²) >= 11 is 0. The van der Waals surface area contributed by atoms with Gasteiger partial charge in [0.05, 0.1) is 13.7 Å². The number of nitrogens with one attached hydrogen (secondary N) is 1. The minimum Gasteiger partial charge on any atom is -0.496 e. The van der Waals surface area contributed by atoms with E-state index in [1.165, 1.54) is 11.1 Å². The SMILES string of the molecule is COc1ccc(C2(CO)CCNC2)cc1C(C)C. The molecule has 1 aliphatic rings. The van der Waals surface area contributed by atoms with Crippen LogP contribution >= 0.6 is 0 Å². The van der Waals surface area contributed by atoms with Gasteiger partial charge in [-0.15, -0.1) is 0 Å². The molecule has 3 heteroatoms. The molecule has 2 N–H and O–H groups in total. The first-order chi connectivity index (χ1) is 8.63. The standard InChI is InChI=1S/C15H23NO2/c1-11(2)13-8-12(4-5-14(13)18-3)15(10-17)6-7-16-9-15/h4-5,8,11,16-17H,6-7,9-10H2,1-3H3. The van der Waals surface area contributed by atoms with Crippen molar-refractivity contribution in [3.63, 3.8) is 0 Å². The smallest absolute Gasteiger partial charge is 0.122 e. The van der Waals surface area contributed by atoms with Crippen LogP contribution in [0, 0.1) is 0 Å². The minimum absolute atomic E-state index is 0.115. The first-order valence-electron chi connectivity index (χ1n) is 6.63. The van der Waals surface area contributed by atoms with Crippen molar-refractivity contribution in [1.82, 2.24) is 5.32 Å². The summed E-state index contributed by atoms with van der Waals surface area (Å²) in [5.74, 6) is 1.36. The fourth-order valence-electron chi connectivity index (χ4n) is 2.73.